The van der Waals surface area contributed by atoms with Crippen LogP contribution in [0.5, 0.6) is 0 Å². The van der Waals surface area contributed by atoms with Crippen molar-refractivity contribution in [1.29, 1.82) is 0 Å². The highest BCUT2D eigenvalue weighted by molar-refractivity contribution is 6.30. The van der Waals surface area contributed by atoms with Crippen LogP contribution in [0.4, 0.5) is 0 Å². The molecule has 2 aliphatic heterocycles. The summed E-state index contributed by atoms with van der Waals surface area (Å²) in [6.45, 7) is 2.28. The van der Waals surface area contributed by atoms with Gasteiger partial charge < -0.3 is 24.1 Å². The van der Waals surface area contributed by atoms with Crippen LogP contribution in [-0.4, -0.2) is 60.2 Å². The Hall–Kier alpha value is -2.16. The van der Waals surface area contributed by atoms with Crippen LogP contribution in [0.25, 0.3) is 0 Å². The van der Waals surface area contributed by atoms with E-state index in [0.29, 0.717) is 10.6 Å². The van der Waals surface area contributed by atoms with Gasteiger partial charge in [-0.3, -0.25) is 9.59 Å². The summed E-state index contributed by atoms with van der Waals surface area (Å²) in [5.74, 6) is -0.828. The number of aliphatic hydroxyl groups excluding tert-OH is 1. The molecule has 0 bridgehead atoms. The largest absolute Gasteiger partial charge is 0.466 e. The van der Waals surface area contributed by atoms with Gasteiger partial charge in [0, 0.05) is 24.4 Å². The minimum atomic E-state index is -1.20. The highest BCUT2D eigenvalue weighted by Gasteiger charge is 2.51. The van der Waals surface area contributed by atoms with Crippen LogP contribution in [0.2, 0.25) is 5.02 Å². The molecule has 2 aliphatic rings. The third kappa shape index (κ3) is 3.98. The fraction of sp³-hybridized carbons (Fsp3) is 0.471. The van der Waals surface area contributed by atoms with E-state index in [2.05, 4.69) is 4.99 Å². The first kappa shape index (κ1) is 18.6. The lowest BCUT2D eigenvalue weighted by molar-refractivity contribution is -0.228. The molecular formula is C17H18ClNO7. The molecule has 26 heavy (non-hydrogen) atoms. The molecule has 0 saturated carbocycles. The Bertz CT molecular complexity index is 720. The van der Waals surface area contributed by atoms with Crippen molar-refractivity contribution in [1.82, 2.24) is 0 Å². The van der Waals surface area contributed by atoms with Gasteiger partial charge in [-0.05, 0) is 24.3 Å². The molecule has 8 nitrogen and oxygen atoms in total. The van der Waals surface area contributed by atoms with Crippen molar-refractivity contribution in [3.05, 3.63) is 34.9 Å². The molecule has 9 heteroatoms. The molecule has 0 unspecified atom stereocenters. The van der Waals surface area contributed by atoms with Crippen molar-refractivity contribution in [2.24, 2.45) is 4.99 Å². The van der Waals surface area contributed by atoms with Crippen LogP contribution >= 0.6 is 11.6 Å². The Labute approximate surface area is 154 Å². The van der Waals surface area contributed by atoms with E-state index in [0.717, 1.165) is 0 Å². The molecule has 0 aliphatic carbocycles. The highest BCUT2D eigenvalue weighted by atomic mass is 35.5. The first-order valence-corrected chi connectivity index (χ1v) is 8.37. The predicted molar refractivity (Wildman–Crippen MR) is 89.7 cm³/mol. The topological polar surface area (TPSA) is 104 Å². The van der Waals surface area contributed by atoms with Crippen LogP contribution < -0.4 is 0 Å². The molecule has 140 valence electrons. The average Bonchev–Trinajstić information content (AvgIpc) is 3.00. The minimum Gasteiger partial charge on any atom is -0.466 e. The smallest absolute Gasteiger partial charge is 0.303 e. The number of fused-ring (bicyclic) bond motifs is 1. The zero-order valence-corrected chi connectivity index (χ0v) is 14.9. The van der Waals surface area contributed by atoms with E-state index in [4.69, 9.17) is 30.5 Å². The molecule has 1 aromatic carbocycles. The van der Waals surface area contributed by atoms with Crippen molar-refractivity contribution >= 4 is 29.4 Å². The second-order valence-corrected chi connectivity index (χ2v) is 6.39. The molecule has 1 aromatic rings. The van der Waals surface area contributed by atoms with E-state index in [-0.39, 0.29) is 12.5 Å². The Kier molecular flexibility index (Phi) is 5.45. The molecule has 1 fully saturated rings. The molecule has 0 radical (unpaired) electrons. The maximum atomic E-state index is 11.4. The van der Waals surface area contributed by atoms with Crippen molar-refractivity contribution < 1.29 is 33.6 Å². The first-order valence-electron chi connectivity index (χ1n) is 7.99. The number of ether oxygens (including phenoxy) is 4. The second kappa shape index (κ2) is 7.61. The molecule has 0 aromatic heterocycles. The van der Waals surface area contributed by atoms with Crippen LogP contribution in [0, 0.1) is 0 Å². The molecule has 5 atom stereocenters. The number of aliphatic hydroxyl groups is 1. The lowest BCUT2D eigenvalue weighted by Gasteiger charge is -2.39. The Balaban J connectivity index is 1.80. The van der Waals surface area contributed by atoms with Crippen molar-refractivity contribution in [2.75, 3.05) is 6.61 Å². The van der Waals surface area contributed by atoms with Gasteiger partial charge >= 0.3 is 11.9 Å². The Morgan fingerprint density at radius 3 is 2.54 bits per heavy atom. The number of esters is 2. The quantitative estimate of drug-likeness (QED) is 0.775. The fourth-order valence-corrected chi connectivity index (χ4v) is 2.95. The summed E-state index contributed by atoms with van der Waals surface area (Å²) in [4.78, 5) is 26.8. The van der Waals surface area contributed by atoms with E-state index >= 15 is 0 Å². The number of aliphatic imine (C=N–C) groups is 1. The van der Waals surface area contributed by atoms with Gasteiger partial charge in [-0.25, -0.2) is 4.99 Å². The van der Waals surface area contributed by atoms with Crippen LogP contribution in [0.15, 0.2) is 29.3 Å². The molecule has 3 rings (SSSR count). The van der Waals surface area contributed by atoms with Gasteiger partial charge in [0.05, 0.1) is 0 Å². The summed E-state index contributed by atoms with van der Waals surface area (Å²) in [5, 5.41) is 11.2. The van der Waals surface area contributed by atoms with Crippen molar-refractivity contribution in [3.8, 4) is 0 Å². The molecule has 2 heterocycles. The summed E-state index contributed by atoms with van der Waals surface area (Å²) < 4.78 is 21.6. The SMILES string of the molecule is CC(=O)OC[C@H]1O[C@@H]2N=C(c3ccc(Cl)cc3)O[C@@H]2[C@@H](O)[C@@H]1OC(C)=O. The van der Waals surface area contributed by atoms with Crippen molar-refractivity contribution in [2.45, 2.75) is 44.5 Å². The third-order valence-corrected chi connectivity index (χ3v) is 4.22. The molecule has 0 spiro atoms. The standard InChI is InChI=1S/C17H18ClNO7/c1-8(20)23-7-12-14(24-9(2)21)13(22)15-17(25-12)19-16(26-15)10-3-5-11(18)6-4-10/h3-6,12-15,17,22H,7H2,1-2H3/t12-,13+,14-,15-,17+/m1/s1. The van der Waals surface area contributed by atoms with Gasteiger partial charge in [-0.15, -0.1) is 0 Å². The number of carbonyl (C=O) groups is 2. The van der Waals surface area contributed by atoms with Crippen LogP contribution in [0.3, 0.4) is 0 Å². The van der Waals surface area contributed by atoms with E-state index < -0.39 is 42.6 Å². The summed E-state index contributed by atoms with van der Waals surface area (Å²) in [6, 6.07) is 6.83. The summed E-state index contributed by atoms with van der Waals surface area (Å²) in [6.07, 6.45) is -4.78. The summed E-state index contributed by atoms with van der Waals surface area (Å²) >= 11 is 5.88. The summed E-state index contributed by atoms with van der Waals surface area (Å²) in [7, 11) is 0. The van der Waals surface area contributed by atoms with Crippen molar-refractivity contribution in [3.63, 3.8) is 0 Å². The predicted octanol–water partition coefficient (Wildman–Crippen LogP) is 1.07. The lowest BCUT2D eigenvalue weighted by Crippen LogP contribution is -2.59. The van der Waals surface area contributed by atoms with Gasteiger partial charge in [-0.2, -0.15) is 0 Å². The number of nitrogens with zero attached hydrogens (tertiary/aromatic N) is 1. The van der Waals surface area contributed by atoms with Gasteiger partial charge in [-0.1, -0.05) is 11.6 Å². The van der Waals surface area contributed by atoms with Crippen LogP contribution in [0.1, 0.15) is 19.4 Å². The Morgan fingerprint density at radius 1 is 1.23 bits per heavy atom. The molecular weight excluding hydrogens is 366 g/mol. The Morgan fingerprint density at radius 2 is 1.92 bits per heavy atom. The number of hydrogen-bond donors (Lipinski definition) is 1. The molecule has 1 N–H and O–H groups in total. The van der Waals surface area contributed by atoms with E-state index in [9.17, 15) is 14.7 Å². The summed E-state index contributed by atoms with van der Waals surface area (Å²) in [5.41, 5.74) is 0.667. The normalized spacial score (nSPS) is 30.0. The minimum absolute atomic E-state index is 0.181. The number of halogens is 1. The molecule has 1 saturated heterocycles. The third-order valence-electron chi connectivity index (χ3n) is 3.97. The maximum Gasteiger partial charge on any atom is 0.303 e. The van der Waals surface area contributed by atoms with Gasteiger partial charge in [0.1, 0.15) is 18.8 Å². The van der Waals surface area contributed by atoms with E-state index in [1.165, 1.54) is 13.8 Å². The second-order valence-electron chi connectivity index (χ2n) is 5.96. The highest BCUT2D eigenvalue weighted by Crippen LogP contribution is 2.32. The van der Waals surface area contributed by atoms with Gasteiger partial charge in [0.2, 0.25) is 5.90 Å². The molecule has 0 amide bonds. The van der Waals surface area contributed by atoms with Gasteiger partial charge in [0.25, 0.3) is 0 Å². The monoisotopic (exact) mass is 383 g/mol. The average molecular weight is 384 g/mol. The number of rotatable bonds is 4. The van der Waals surface area contributed by atoms with E-state index in [1.807, 2.05) is 0 Å². The van der Waals surface area contributed by atoms with E-state index in [1.54, 1.807) is 24.3 Å². The maximum absolute atomic E-state index is 11.4. The first-order chi connectivity index (χ1) is 12.3. The number of benzene rings is 1. The number of hydrogen-bond acceptors (Lipinski definition) is 8. The fourth-order valence-electron chi connectivity index (χ4n) is 2.82. The zero-order chi connectivity index (χ0) is 18.8. The van der Waals surface area contributed by atoms with Crippen LogP contribution in [-0.2, 0) is 28.5 Å². The lowest BCUT2D eigenvalue weighted by atomic mass is 9.98. The zero-order valence-electron chi connectivity index (χ0n) is 14.1. The van der Waals surface area contributed by atoms with Gasteiger partial charge in [0.15, 0.2) is 18.4 Å². The number of carbonyl (C=O) groups excluding carboxylic acids is 2.